The van der Waals surface area contributed by atoms with Gasteiger partial charge in [-0.15, -0.1) is 0 Å². The van der Waals surface area contributed by atoms with Crippen LogP contribution in [-0.2, 0) is 34.0 Å². The first-order chi connectivity index (χ1) is 20.5. The van der Waals surface area contributed by atoms with E-state index in [1.807, 2.05) is 12.1 Å². The van der Waals surface area contributed by atoms with Crippen LogP contribution in [0.2, 0.25) is 0 Å². The maximum atomic E-state index is 14.3. The Morgan fingerprint density at radius 3 is 1.36 bits per heavy atom. The van der Waals surface area contributed by atoms with Crippen LogP contribution < -0.4 is 0 Å². The summed E-state index contributed by atoms with van der Waals surface area (Å²) in [6.45, 7) is 12.9. The van der Waals surface area contributed by atoms with Gasteiger partial charge in [-0.1, -0.05) is 75.4 Å². The van der Waals surface area contributed by atoms with Crippen LogP contribution in [0.3, 0.4) is 0 Å². The van der Waals surface area contributed by atoms with Gasteiger partial charge in [-0.25, -0.2) is 19.4 Å². The van der Waals surface area contributed by atoms with Crippen LogP contribution in [0, 0.1) is 0 Å². The molecule has 0 atom stereocenters. The summed E-state index contributed by atoms with van der Waals surface area (Å²) in [6, 6.07) is 15.8. The summed E-state index contributed by atoms with van der Waals surface area (Å²) in [5.74, 6) is -1.60. The molecule has 2 heterocycles. The van der Waals surface area contributed by atoms with Gasteiger partial charge in [0.1, 0.15) is 11.2 Å². The lowest BCUT2D eigenvalue weighted by Gasteiger charge is -2.29. The molecule has 2 aliphatic heterocycles. The second-order valence-electron chi connectivity index (χ2n) is 13.0. The molecule has 0 unspecified atom stereocenters. The van der Waals surface area contributed by atoms with Crippen molar-refractivity contribution < 1.29 is 38.1 Å². The standard InChI is InChI=1S/C34H40N2O8/c1-32(2,3)23-17-15-22(16-18-23)27-25-24(28(37)36(27)31(40)44-34(6,7)20-42-9)26(21-13-11-10-12-14-21)35(29(25)38)30(39)43-33(4,5)19-41-8/h10-18H,19-20H2,1-9H3. The highest BCUT2D eigenvalue weighted by molar-refractivity contribution is 6.35. The zero-order valence-corrected chi connectivity index (χ0v) is 26.8. The highest BCUT2D eigenvalue weighted by atomic mass is 16.6. The molecule has 234 valence electrons. The van der Waals surface area contributed by atoms with Crippen LogP contribution in [0.25, 0.3) is 11.4 Å². The number of rotatable bonds is 8. The number of carbonyl (C=O) groups is 4. The number of nitrogens with zero attached hydrogens (tertiary/aromatic N) is 2. The highest BCUT2D eigenvalue weighted by Crippen LogP contribution is 2.47. The molecular weight excluding hydrogens is 564 g/mol. The van der Waals surface area contributed by atoms with Crippen molar-refractivity contribution >= 4 is 35.4 Å². The van der Waals surface area contributed by atoms with Gasteiger partial charge in [0.05, 0.1) is 35.8 Å². The third-order valence-corrected chi connectivity index (χ3v) is 7.15. The number of imide groups is 2. The minimum Gasteiger partial charge on any atom is -0.440 e. The molecule has 2 aromatic carbocycles. The van der Waals surface area contributed by atoms with Crippen molar-refractivity contribution in [2.24, 2.45) is 0 Å². The van der Waals surface area contributed by atoms with Gasteiger partial charge in [0.2, 0.25) is 0 Å². The molecule has 0 aliphatic carbocycles. The number of ether oxygens (including phenoxy) is 4. The van der Waals surface area contributed by atoms with Crippen molar-refractivity contribution in [2.75, 3.05) is 27.4 Å². The van der Waals surface area contributed by atoms with Crippen molar-refractivity contribution in [1.82, 2.24) is 9.80 Å². The molecule has 4 rings (SSSR count). The Morgan fingerprint density at radius 1 is 0.614 bits per heavy atom. The van der Waals surface area contributed by atoms with Crippen LogP contribution >= 0.6 is 0 Å². The van der Waals surface area contributed by atoms with Gasteiger partial charge in [-0.3, -0.25) is 9.59 Å². The molecular formula is C34H40N2O8. The summed E-state index contributed by atoms with van der Waals surface area (Å²) in [7, 11) is 2.95. The summed E-state index contributed by atoms with van der Waals surface area (Å²) in [5.41, 5.74) is -0.642. The molecule has 0 bridgehead atoms. The summed E-state index contributed by atoms with van der Waals surface area (Å²) >= 11 is 0. The topological polar surface area (TPSA) is 112 Å². The largest absolute Gasteiger partial charge is 0.440 e. The van der Waals surface area contributed by atoms with E-state index in [0.29, 0.717) is 11.1 Å². The molecule has 0 aromatic heterocycles. The summed E-state index contributed by atoms with van der Waals surface area (Å²) < 4.78 is 21.8. The molecule has 0 radical (unpaired) electrons. The number of amides is 4. The maximum absolute atomic E-state index is 14.3. The second kappa shape index (κ2) is 12.0. The predicted molar refractivity (Wildman–Crippen MR) is 164 cm³/mol. The average Bonchev–Trinajstić information content (AvgIpc) is 3.40. The summed E-state index contributed by atoms with van der Waals surface area (Å²) in [5, 5.41) is 0. The van der Waals surface area contributed by atoms with Gasteiger partial charge in [-0.05, 0) is 49.8 Å². The minimum absolute atomic E-state index is 0.0177. The Morgan fingerprint density at radius 2 is 1.00 bits per heavy atom. The number of methoxy groups -OCH3 is 2. The fourth-order valence-corrected chi connectivity index (χ4v) is 5.24. The third-order valence-electron chi connectivity index (χ3n) is 7.15. The average molecular weight is 605 g/mol. The first-order valence-corrected chi connectivity index (χ1v) is 14.3. The predicted octanol–water partition coefficient (Wildman–Crippen LogP) is 5.91. The summed E-state index contributed by atoms with van der Waals surface area (Å²) in [4.78, 5) is 57.8. The van der Waals surface area contributed by atoms with Crippen molar-refractivity contribution in [1.29, 1.82) is 0 Å². The number of hydrogen-bond donors (Lipinski definition) is 0. The Kier molecular flexibility index (Phi) is 8.91. The SMILES string of the molecule is COCC(C)(C)OC(=O)N1C(=O)C2=C(c3ccc(C(C)(C)C)cc3)N(C(=O)OC(C)(C)COC)C(=O)C2=C1c1ccccc1. The lowest BCUT2D eigenvalue weighted by molar-refractivity contribution is -0.124. The van der Waals surface area contributed by atoms with Crippen LogP contribution in [-0.4, -0.2) is 72.4 Å². The van der Waals surface area contributed by atoms with Gasteiger partial charge in [-0.2, -0.15) is 0 Å². The fraction of sp³-hybridized carbons (Fsp3) is 0.412. The van der Waals surface area contributed by atoms with E-state index in [1.165, 1.54) is 14.2 Å². The maximum Gasteiger partial charge on any atom is 0.422 e. The molecule has 2 aromatic rings. The summed E-state index contributed by atoms with van der Waals surface area (Å²) in [6.07, 6.45) is -1.95. The Bertz CT molecular complexity index is 1530. The third kappa shape index (κ3) is 6.32. The van der Waals surface area contributed by atoms with E-state index in [1.54, 1.807) is 70.2 Å². The van der Waals surface area contributed by atoms with E-state index in [-0.39, 0.29) is 41.2 Å². The van der Waals surface area contributed by atoms with Gasteiger partial charge < -0.3 is 18.9 Å². The highest BCUT2D eigenvalue weighted by Gasteiger charge is 2.54. The van der Waals surface area contributed by atoms with E-state index in [9.17, 15) is 19.2 Å². The second-order valence-corrected chi connectivity index (χ2v) is 13.0. The van der Waals surface area contributed by atoms with E-state index in [2.05, 4.69) is 20.8 Å². The number of fused-ring (bicyclic) bond motifs is 1. The van der Waals surface area contributed by atoms with Gasteiger partial charge in [0, 0.05) is 14.2 Å². The van der Waals surface area contributed by atoms with Crippen molar-refractivity contribution in [2.45, 2.75) is 65.1 Å². The lowest BCUT2D eigenvalue weighted by Crippen LogP contribution is -2.43. The van der Waals surface area contributed by atoms with Crippen molar-refractivity contribution in [3.05, 3.63) is 82.4 Å². The molecule has 0 saturated heterocycles. The minimum atomic E-state index is -1.08. The van der Waals surface area contributed by atoms with Crippen LogP contribution in [0.5, 0.6) is 0 Å². The monoisotopic (exact) mass is 604 g/mol. The van der Waals surface area contributed by atoms with E-state index in [4.69, 9.17) is 18.9 Å². The van der Waals surface area contributed by atoms with Gasteiger partial charge in [0.25, 0.3) is 11.8 Å². The molecule has 0 fully saturated rings. The smallest absolute Gasteiger partial charge is 0.422 e. The Hall–Kier alpha value is -4.28. The molecule has 44 heavy (non-hydrogen) atoms. The van der Waals surface area contributed by atoms with E-state index < -0.39 is 35.2 Å². The molecule has 10 heteroatoms. The number of carbonyl (C=O) groups excluding carboxylic acids is 4. The first kappa shape index (κ1) is 32.6. The zero-order chi connectivity index (χ0) is 32.6. The van der Waals surface area contributed by atoms with Crippen molar-refractivity contribution in [3.63, 3.8) is 0 Å². The van der Waals surface area contributed by atoms with E-state index in [0.717, 1.165) is 15.4 Å². The number of hydrogen-bond acceptors (Lipinski definition) is 8. The zero-order valence-electron chi connectivity index (χ0n) is 26.8. The van der Waals surface area contributed by atoms with Crippen LogP contribution in [0.4, 0.5) is 9.59 Å². The lowest BCUT2D eigenvalue weighted by atomic mass is 9.86. The molecule has 2 aliphatic rings. The van der Waals surface area contributed by atoms with Crippen LogP contribution in [0.1, 0.15) is 65.2 Å². The Labute approximate surface area is 258 Å². The Balaban J connectivity index is 1.96. The van der Waals surface area contributed by atoms with Crippen LogP contribution in [0.15, 0.2) is 65.7 Å². The normalized spacial score (nSPS) is 15.8. The van der Waals surface area contributed by atoms with Gasteiger partial charge >= 0.3 is 12.2 Å². The fourth-order valence-electron chi connectivity index (χ4n) is 5.24. The van der Waals surface area contributed by atoms with Gasteiger partial charge in [0.15, 0.2) is 0 Å². The number of benzene rings is 2. The molecule has 0 N–H and O–H groups in total. The van der Waals surface area contributed by atoms with Crippen molar-refractivity contribution in [3.8, 4) is 0 Å². The van der Waals surface area contributed by atoms with E-state index >= 15 is 0 Å². The quantitative estimate of drug-likeness (QED) is 0.365. The molecule has 4 amide bonds. The molecule has 0 spiro atoms. The molecule has 0 saturated carbocycles. The molecule has 10 nitrogen and oxygen atoms in total. The first-order valence-electron chi connectivity index (χ1n) is 14.3.